The van der Waals surface area contributed by atoms with Crippen LogP contribution in [0.1, 0.15) is 19.3 Å². The Balaban J connectivity index is 2.35. The molecule has 15 heavy (non-hydrogen) atoms. The van der Waals surface area contributed by atoms with Crippen LogP contribution in [-0.2, 0) is 0 Å². The number of nitrogens with zero attached hydrogens (tertiary/aromatic N) is 1. The predicted octanol–water partition coefficient (Wildman–Crippen LogP) is 0.390. The Morgan fingerprint density at radius 3 is 3.13 bits per heavy atom. The third-order valence-corrected chi connectivity index (χ3v) is 2.72. The van der Waals surface area contributed by atoms with E-state index in [1.807, 2.05) is 4.90 Å². The Kier molecular flexibility index (Phi) is 4.99. The van der Waals surface area contributed by atoms with Crippen LogP contribution in [0.15, 0.2) is 0 Å². The summed E-state index contributed by atoms with van der Waals surface area (Å²) in [4.78, 5) is 13.4. The van der Waals surface area contributed by atoms with Crippen molar-refractivity contribution in [3.63, 3.8) is 0 Å². The summed E-state index contributed by atoms with van der Waals surface area (Å²) in [5, 5.41) is 2.68. The van der Waals surface area contributed by atoms with Crippen LogP contribution in [0.2, 0.25) is 0 Å². The number of hydrogen-bond donors (Lipinski definition) is 2. The van der Waals surface area contributed by atoms with Crippen molar-refractivity contribution in [1.29, 1.82) is 0 Å². The molecule has 1 fully saturated rings. The van der Waals surface area contributed by atoms with Gasteiger partial charge in [0, 0.05) is 13.1 Å². The normalized spacial score (nSPS) is 20.8. The fourth-order valence-electron chi connectivity index (χ4n) is 1.96. The first kappa shape index (κ1) is 11.9. The van der Waals surface area contributed by atoms with Gasteiger partial charge >= 0.3 is 6.03 Å². The van der Waals surface area contributed by atoms with Crippen LogP contribution in [0.3, 0.4) is 0 Å². The number of nitrogens with one attached hydrogen (secondary N) is 1. The number of terminal acetylenes is 1. The summed E-state index contributed by atoms with van der Waals surface area (Å²) in [5.74, 6) is 2.95. The van der Waals surface area contributed by atoms with Crippen LogP contribution >= 0.6 is 0 Å². The summed E-state index contributed by atoms with van der Waals surface area (Å²) >= 11 is 0. The monoisotopic (exact) mass is 209 g/mol. The van der Waals surface area contributed by atoms with Crippen LogP contribution in [-0.4, -0.2) is 37.1 Å². The molecule has 1 atom stereocenters. The number of rotatable bonds is 3. The number of likely N-dealkylation sites (tertiary alicyclic amines) is 1. The lowest BCUT2D eigenvalue weighted by Gasteiger charge is -2.32. The molecule has 1 aliphatic heterocycles. The van der Waals surface area contributed by atoms with Gasteiger partial charge in [0.1, 0.15) is 0 Å². The van der Waals surface area contributed by atoms with Gasteiger partial charge in [-0.2, -0.15) is 0 Å². The molecule has 0 bridgehead atoms. The molecule has 4 heteroatoms. The molecular weight excluding hydrogens is 190 g/mol. The highest BCUT2D eigenvalue weighted by molar-refractivity contribution is 5.74. The van der Waals surface area contributed by atoms with Crippen LogP contribution in [0.5, 0.6) is 0 Å². The van der Waals surface area contributed by atoms with E-state index in [9.17, 15) is 4.79 Å². The second-order valence-corrected chi connectivity index (χ2v) is 3.89. The average Bonchev–Trinajstić information content (AvgIpc) is 2.27. The number of carbonyl (C=O) groups is 1. The molecule has 3 N–H and O–H groups in total. The van der Waals surface area contributed by atoms with E-state index in [1.54, 1.807) is 0 Å². The van der Waals surface area contributed by atoms with Gasteiger partial charge in [0.2, 0.25) is 0 Å². The van der Waals surface area contributed by atoms with Gasteiger partial charge in [-0.05, 0) is 31.7 Å². The highest BCUT2D eigenvalue weighted by Gasteiger charge is 2.22. The molecule has 84 valence electrons. The van der Waals surface area contributed by atoms with Gasteiger partial charge in [0.25, 0.3) is 0 Å². The zero-order valence-electron chi connectivity index (χ0n) is 9.04. The molecule has 0 aromatic rings. The van der Waals surface area contributed by atoms with E-state index in [4.69, 9.17) is 12.2 Å². The Hall–Kier alpha value is -1.21. The molecule has 0 radical (unpaired) electrons. The molecule has 1 heterocycles. The van der Waals surface area contributed by atoms with Gasteiger partial charge in [-0.15, -0.1) is 6.42 Å². The predicted molar refractivity (Wildman–Crippen MR) is 60.2 cm³/mol. The second-order valence-electron chi connectivity index (χ2n) is 3.89. The fraction of sp³-hybridized carbons (Fsp3) is 0.727. The molecule has 1 saturated heterocycles. The quantitative estimate of drug-likeness (QED) is 0.661. The smallest absolute Gasteiger partial charge is 0.318 e. The highest BCUT2D eigenvalue weighted by Crippen LogP contribution is 2.18. The van der Waals surface area contributed by atoms with Crippen molar-refractivity contribution < 1.29 is 4.79 Å². The minimum Gasteiger partial charge on any atom is -0.330 e. The van der Waals surface area contributed by atoms with Gasteiger partial charge in [0.05, 0.1) is 6.54 Å². The molecule has 1 aliphatic rings. The van der Waals surface area contributed by atoms with Gasteiger partial charge in [-0.3, -0.25) is 0 Å². The Morgan fingerprint density at radius 2 is 2.47 bits per heavy atom. The highest BCUT2D eigenvalue weighted by atomic mass is 16.2. The molecule has 1 rings (SSSR count). The molecule has 1 unspecified atom stereocenters. The molecule has 4 nitrogen and oxygen atoms in total. The van der Waals surface area contributed by atoms with Crippen LogP contribution in [0.4, 0.5) is 4.79 Å². The summed E-state index contributed by atoms with van der Waals surface area (Å²) in [6, 6.07) is -0.0466. The topological polar surface area (TPSA) is 58.4 Å². The zero-order chi connectivity index (χ0) is 11.1. The van der Waals surface area contributed by atoms with Gasteiger partial charge in [0.15, 0.2) is 0 Å². The van der Waals surface area contributed by atoms with Crippen LogP contribution < -0.4 is 11.1 Å². The van der Waals surface area contributed by atoms with Crippen molar-refractivity contribution in [2.24, 2.45) is 11.7 Å². The van der Waals surface area contributed by atoms with Gasteiger partial charge < -0.3 is 16.0 Å². The summed E-state index contributed by atoms with van der Waals surface area (Å²) in [7, 11) is 0. The fourth-order valence-corrected chi connectivity index (χ4v) is 1.96. The van der Waals surface area contributed by atoms with Crippen molar-refractivity contribution >= 4 is 6.03 Å². The minimum absolute atomic E-state index is 0.0466. The Bertz CT molecular complexity index is 245. The van der Waals surface area contributed by atoms with Crippen molar-refractivity contribution in [3.05, 3.63) is 0 Å². The van der Waals surface area contributed by atoms with E-state index in [0.717, 1.165) is 25.9 Å². The SMILES string of the molecule is C#CCNC(=O)N1CCCC(CCN)C1. The maximum Gasteiger partial charge on any atom is 0.318 e. The lowest BCUT2D eigenvalue weighted by atomic mass is 9.95. The molecule has 0 spiro atoms. The largest absolute Gasteiger partial charge is 0.330 e. The summed E-state index contributed by atoms with van der Waals surface area (Å²) < 4.78 is 0. The molecule has 0 aliphatic carbocycles. The number of amides is 2. The number of carbonyl (C=O) groups excluding carboxylic acids is 1. The number of hydrogen-bond acceptors (Lipinski definition) is 2. The van der Waals surface area contributed by atoms with Gasteiger partial charge in [-0.1, -0.05) is 5.92 Å². The van der Waals surface area contributed by atoms with Crippen molar-refractivity contribution in [2.75, 3.05) is 26.2 Å². The summed E-state index contributed by atoms with van der Waals surface area (Å²) in [5.41, 5.74) is 5.52. The number of nitrogens with two attached hydrogens (primary N) is 1. The lowest BCUT2D eigenvalue weighted by molar-refractivity contribution is 0.164. The van der Waals surface area contributed by atoms with E-state index in [0.29, 0.717) is 19.0 Å². The van der Waals surface area contributed by atoms with E-state index in [-0.39, 0.29) is 6.03 Å². The third kappa shape index (κ3) is 3.80. The Morgan fingerprint density at radius 1 is 1.67 bits per heavy atom. The molecule has 0 aromatic heterocycles. The maximum absolute atomic E-state index is 11.6. The molecule has 0 aromatic carbocycles. The number of urea groups is 1. The summed E-state index contributed by atoms with van der Waals surface area (Å²) in [6.45, 7) is 2.65. The Labute approximate surface area is 91.2 Å². The van der Waals surface area contributed by atoms with Crippen molar-refractivity contribution in [2.45, 2.75) is 19.3 Å². The standard InChI is InChI=1S/C11H19N3O/c1-2-7-13-11(15)14-8-3-4-10(9-14)5-6-12/h1,10H,3-9,12H2,(H,13,15). The first-order valence-electron chi connectivity index (χ1n) is 5.44. The summed E-state index contributed by atoms with van der Waals surface area (Å²) in [6.07, 6.45) is 8.32. The molecule has 0 saturated carbocycles. The lowest BCUT2D eigenvalue weighted by Crippen LogP contribution is -2.45. The zero-order valence-corrected chi connectivity index (χ0v) is 9.04. The van der Waals surface area contributed by atoms with E-state index >= 15 is 0 Å². The average molecular weight is 209 g/mol. The van der Waals surface area contributed by atoms with E-state index in [1.165, 1.54) is 6.42 Å². The maximum atomic E-state index is 11.6. The molecule has 2 amide bonds. The van der Waals surface area contributed by atoms with Gasteiger partial charge in [-0.25, -0.2) is 4.79 Å². The van der Waals surface area contributed by atoms with E-state index in [2.05, 4.69) is 11.2 Å². The second kappa shape index (κ2) is 6.31. The third-order valence-electron chi connectivity index (χ3n) is 2.72. The van der Waals surface area contributed by atoms with E-state index < -0.39 is 0 Å². The minimum atomic E-state index is -0.0466. The van der Waals surface area contributed by atoms with Crippen LogP contribution in [0.25, 0.3) is 0 Å². The first-order valence-corrected chi connectivity index (χ1v) is 5.44. The van der Waals surface area contributed by atoms with Crippen molar-refractivity contribution in [1.82, 2.24) is 10.2 Å². The van der Waals surface area contributed by atoms with Crippen LogP contribution in [0, 0.1) is 18.3 Å². The first-order chi connectivity index (χ1) is 7.27. The number of piperidine rings is 1. The molecular formula is C11H19N3O. The van der Waals surface area contributed by atoms with Crippen molar-refractivity contribution in [3.8, 4) is 12.3 Å².